The zero-order valence-corrected chi connectivity index (χ0v) is 36.1. The van der Waals surface area contributed by atoms with E-state index in [1.165, 1.54) is 76.6 Å². The molecule has 0 aromatic heterocycles. The summed E-state index contributed by atoms with van der Waals surface area (Å²) in [6.07, 6.45) is 0. The van der Waals surface area contributed by atoms with Gasteiger partial charge in [-0.05, 0) is 110 Å². The standard InChI is InChI=1S/C62H39NOS/c1-2-17-40(18-3-1)41-33-35-42(36-34-41)63(43-37-38-53-59(39-43)65-58-32-15-12-27-52(58)61(53)47-22-7-4-19-44(47)45-20-5-8-23-48(45)61)55-29-16-28-54-60(55)46-21-6-9-24-49(46)62(54)50-25-10-13-30-56(50)64-57-31-14-11-26-51(57)62/h1-39H. The SMILES string of the molecule is c1ccc(-c2ccc(N(c3ccc4c(c3)Sc3ccccc3C43c4ccccc4-c4ccccc43)c3cccc4c3-c3ccccc3C43c4ccccc4Oc4ccccc43)cc2)cc1. The molecule has 2 heterocycles. The van der Waals surface area contributed by atoms with Crippen molar-refractivity contribution in [3.63, 3.8) is 0 Å². The van der Waals surface area contributed by atoms with E-state index in [9.17, 15) is 0 Å². The van der Waals surface area contributed by atoms with Crippen molar-refractivity contribution in [2.45, 2.75) is 20.6 Å². The lowest BCUT2D eigenvalue weighted by Crippen LogP contribution is -2.32. The average Bonchev–Trinajstić information content (AvgIpc) is 3.83. The maximum atomic E-state index is 6.71. The fraction of sp³-hybridized carbons (Fsp3) is 0.0323. The van der Waals surface area contributed by atoms with Crippen molar-refractivity contribution in [3.8, 4) is 44.9 Å². The minimum Gasteiger partial charge on any atom is -0.457 e. The maximum absolute atomic E-state index is 6.71. The second kappa shape index (κ2) is 13.8. The fourth-order valence-electron chi connectivity index (χ4n) is 11.9. The van der Waals surface area contributed by atoms with Crippen molar-refractivity contribution in [2.24, 2.45) is 0 Å². The van der Waals surface area contributed by atoms with Gasteiger partial charge in [0, 0.05) is 37.9 Å². The first-order valence-corrected chi connectivity index (χ1v) is 23.2. The summed E-state index contributed by atoms with van der Waals surface area (Å²) in [7, 11) is 0. The van der Waals surface area contributed by atoms with Gasteiger partial charge in [0.2, 0.25) is 0 Å². The molecular formula is C62H39NOS. The molecule has 0 saturated carbocycles. The predicted molar refractivity (Wildman–Crippen MR) is 265 cm³/mol. The van der Waals surface area contributed by atoms with Gasteiger partial charge in [0.1, 0.15) is 11.5 Å². The Labute approximate surface area is 383 Å². The molecule has 4 aliphatic rings. The summed E-state index contributed by atoms with van der Waals surface area (Å²) >= 11 is 1.89. The largest absolute Gasteiger partial charge is 0.457 e. The second-order valence-corrected chi connectivity index (χ2v) is 18.5. The lowest BCUT2D eigenvalue weighted by atomic mass is 9.66. The molecule has 10 aromatic rings. The van der Waals surface area contributed by atoms with Crippen molar-refractivity contribution < 1.29 is 4.74 Å². The van der Waals surface area contributed by atoms with Gasteiger partial charge in [0.25, 0.3) is 0 Å². The third-order valence-electron chi connectivity index (χ3n) is 14.4. The highest BCUT2D eigenvalue weighted by molar-refractivity contribution is 7.99. The van der Waals surface area contributed by atoms with Gasteiger partial charge in [-0.3, -0.25) is 0 Å². The fourth-order valence-corrected chi connectivity index (χ4v) is 13.1. The zero-order chi connectivity index (χ0) is 42.7. The van der Waals surface area contributed by atoms with E-state index in [1.807, 2.05) is 11.8 Å². The van der Waals surface area contributed by atoms with Crippen molar-refractivity contribution in [1.29, 1.82) is 0 Å². The topological polar surface area (TPSA) is 12.5 Å². The van der Waals surface area contributed by atoms with Gasteiger partial charge in [0.15, 0.2) is 0 Å². The maximum Gasteiger partial charge on any atom is 0.132 e. The number of hydrogen-bond donors (Lipinski definition) is 0. The minimum atomic E-state index is -0.582. The number of anilines is 3. The summed E-state index contributed by atoms with van der Waals surface area (Å²) in [6.45, 7) is 0. The van der Waals surface area contributed by atoms with Crippen LogP contribution in [-0.4, -0.2) is 0 Å². The van der Waals surface area contributed by atoms with E-state index in [2.05, 4.69) is 241 Å². The van der Waals surface area contributed by atoms with Crippen molar-refractivity contribution >= 4 is 28.8 Å². The van der Waals surface area contributed by atoms with Gasteiger partial charge in [-0.2, -0.15) is 0 Å². The monoisotopic (exact) mass is 845 g/mol. The molecule has 65 heavy (non-hydrogen) atoms. The van der Waals surface area contributed by atoms with Crippen LogP contribution in [-0.2, 0) is 10.8 Å². The number of hydrogen-bond acceptors (Lipinski definition) is 3. The number of para-hydroxylation sites is 2. The Balaban J connectivity index is 1.04. The Hall–Kier alpha value is -7.85. The third-order valence-corrected chi connectivity index (χ3v) is 15.5. The van der Waals surface area contributed by atoms with Gasteiger partial charge in [-0.25, -0.2) is 0 Å². The summed E-state index contributed by atoms with van der Waals surface area (Å²) in [5, 5.41) is 0. The van der Waals surface area contributed by atoms with Gasteiger partial charge in [-0.15, -0.1) is 0 Å². The van der Waals surface area contributed by atoms with Crippen LogP contribution in [0.25, 0.3) is 33.4 Å². The first-order valence-electron chi connectivity index (χ1n) is 22.4. The molecule has 2 aliphatic carbocycles. The van der Waals surface area contributed by atoms with Gasteiger partial charge in [0.05, 0.1) is 16.5 Å². The Morgan fingerprint density at radius 2 is 0.800 bits per heavy atom. The van der Waals surface area contributed by atoms with E-state index in [-0.39, 0.29) is 0 Å². The van der Waals surface area contributed by atoms with Gasteiger partial charge < -0.3 is 9.64 Å². The van der Waals surface area contributed by atoms with Crippen LogP contribution in [0.3, 0.4) is 0 Å². The molecule has 0 bridgehead atoms. The van der Waals surface area contributed by atoms with Crippen LogP contribution >= 0.6 is 11.8 Å². The van der Waals surface area contributed by atoms with E-state index in [0.717, 1.165) is 39.7 Å². The van der Waals surface area contributed by atoms with Crippen LogP contribution in [0.5, 0.6) is 11.5 Å². The molecule has 14 rings (SSSR count). The molecule has 2 spiro atoms. The molecule has 2 nitrogen and oxygen atoms in total. The first-order chi connectivity index (χ1) is 32.2. The number of rotatable bonds is 4. The van der Waals surface area contributed by atoms with E-state index in [0.29, 0.717) is 0 Å². The van der Waals surface area contributed by atoms with Crippen molar-refractivity contribution in [3.05, 3.63) is 281 Å². The van der Waals surface area contributed by atoms with Crippen LogP contribution < -0.4 is 9.64 Å². The van der Waals surface area contributed by atoms with E-state index >= 15 is 0 Å². The second-order valence-electron chi connectivity index (χ2n) is 17.5. The van der Waals surface area contributed by atoms with E-state index in [4.69, 9.17) is 4.74 Å². The Morgan fingerprint density at radius 3 is 1.48 bits per heavy atom. The molecule has 0 amide bonds. The van der Waals surface area contributed by atoms with Crippen molar-refractivity contribution in [1.82, 2.24) is 0 Å². The highest BCUT2D eigenvalue weighted by Crippen LogP contribution is 2.65. The van der Waals surface area contributed by atoms with Crippen LogP contribution in [0.15, 0.2) is 246 Å². The molecule has 304 valence electrons. The lowest BCUT2D eigenvalue weighted by molar-refractivity contribution is 0.436. The zero-order valence-electron chi connectivity index (χ0n) is 35.3. The number of ether oxygens (including phenoxy) is 1. The highest BCUT2D eigenvalue weighted by Gasteiger charge is 2.53. The van der Waals surface area contributed by atoms with Crippen LogP contribution in [0.1, 0.15) is 44.5 Å². The summed E-state index contributed by atoms with van der Waals surface area (Å²) in [6, 6.07) is 87.4. The average molecular weight is 846 g/mol. The molecule has 0 saturated heterocycles. The molecule has 0 radical (unpaired) electrons. The number of benzene rings is 10. The summed E-state index contributed by atoms with van der Waals surface area (Å²) in [5.74, 6) is 1.78. The van der Waals surface area contributed by atoms with Crippen LogP contribution in [0.4, 0.5) is 17.1 Å². The summed E-state index contributed by atoms with van der Waals surface area (Å²) in [5.41, 5.74) is 20.0. The Kier molecular flexibility index (Phi) is 7.79. The van der Waals surface area contributed by atoms with Crippen LogP contribution in [0.2, 0.25) is 0 Å². The third kappa shape index (κ3) is 4.91. The predicted octanol–water partition coefficient (Wildman–Crippen LogP) is 16.1. The molecule has 0 N–H and O–H groups in total. The Bertz CT molecular complexity index is 3480. The summed E-state index contributed by atoms with van der Waals surface area (Å²) in [4.78, 5) is 5.05. The molecule has 0 unspecified atom stereocenters. The van der Waals surface area contributed by atoms with Gasteiger partial charge >= 0.3 is 0 Å². The molecule has 10 aromatic carbocycles. The first kappa shape index (κ1) is 36.6. The van der Waals surface area contributed by atoms with E-state index in [1.54, 1.807) is 0 Å². The minimum absolute atomic E-state index is 0.450. The molecule has 3 heteroatoms. The highest BCUT2D eigenvalue weighted by atomic mass is 32.2. The molecular weight excluding hydrogens is 807 g/mol. The lowest BCUT2D eigenvalue weighted by Gasteiger charge is -2.40. The molecule has 0 atom stereocenters. The van der Waals surface area contributed by atoms with Gasteiger partial charge in [-0.1, -0.05) is 200 Å². The normalized spacial score (nSPS) is 14.5. The van der Waals surface area contributed by atoms with Crippen molar-refractivity contribution in [2.75, 3.05) is 4.90 Å². The molecule has 0 fully saturated rings. The van der Waals surface area contributed by atoms with E-state index < -0.39 is 10.8 Å². The smallest absolute Gasteiger partial charge is 0.132 e. The summed E-state index contributed by atoms with van der Waals surface area (Å²) < 4.78 is 6.71. The Morgan fingerprint density at radius 1 is 0.323 bits per heavy atom. The number of nitrogens with zero attached hydrogens (tertiary/aromatic N) is 1. The number of fused-ring (bicyclic) bond motifs is 18. The molecule has 2 aliphatic heterocycles. The quantitative estimate of drug-likeness (QED) is 0.175. The van der Waals surface area contributed by atoms with Crippen LogP contribution in [0, 0.1) is 0 Å².